The van der Waals surface area contributed by atoms with Gasteiger partial charge in [0, 0.05) is 5.92 Å². The summed E-state index contributed by atoms with van der Waals surface area (Å²) in [6.07, 6.45) is 0. The second kappa shape index (κ2) is 4.54. The van der Waals surface area contributed by atoms with Crippen LogP contribution in [-0.4, -0.2) is 18.8 Å². The lowest BCUT2D eigenvalue weighted by Gasteiger charge is -1.98. The molecule has 0 spiro atoms. The third kappa shape index (κ3) is 3.18. The highest BCUT2D eigenvalue weighted by atomic mass is 16.5. The van der Waals surface area contributed by atoms with E-state index in [0.717, 1.165) is 0 Å². The van der Waals surface area contributed by atoms with Crippen LogP contribution in [0.15, 0.2) is 17.3 Å². The number of amidine groups is 2. The zero-order valence-electron chi connectivity index (χ0n) is 7.79. The summed E-state index contributed by atoms with van der Waals surface area (Å²) in [7, 11) is 1.48. The molecule has 0 aromatic heterocycles. The van der Waals surface area contributed by atoms with E-state index in [4.69, 9.17) is 15.9 Å². The van der Waals surface area contributed by atoms with Gasteiger partial charge < -0.3 is 10.5 Å². The fourth-order valence-electron chi connectivity index (χ4n) is 0.435. The van der Waals surface area contributed by atoms with E-state index in [2.05, 4.69) is 11.6 Å². The minimum absolute atomic E-state index is 0.174. The Hall–Kier alpha value is -1.32. The van der Waals surface area contributed by atoms with Crippen molar-refractivity contribution in [2.24, 2.45) is 16.6 Å². The topological polar surface area (TPSA) is 73.2 Å². The molecule has 68 valence electrons. The van der Waals surface area contributed by atoms with Crippen LogP contribution in [0.4, 0.5) is 0 Å². The van der Waals surface area contributed by atoms with Crippen LogP contribution in [-0.2, 0) is 4.74 Å². The van der Waals surface area contributed by atoms with Crippen LogP contribution in [0.1, 0.15) is 13.8 Å². The first-order valence-electron chi connectivity index (χ1n) is 3.68. The van der Waals surface area contributed by atoms with Crippen molar-refractivity contribution in [3.63, 3.8) is 0 Å². The molecule has 0 rings (SSSR count). The van der Waals surface area contributed by atoms with E-state index in [1.54, 1.807) is 0 Å². The Balaban J connectivity index is 4.34. The quantitative estimate of drug-likeness (QED) is 0.334. The molecule has 0 saturated carbocycles. The number of methoxy groups -OCH3 is 1. The van der Waals surface area contributed by atoms with Crippen LogP contribution >= 0.6 is 0 Å². The van der Waals surface area contributed by atoms with E-state index in [0.29, 0.717) is 11.6 Å². The smallest absolute Gasteiger partial charge is 0.357 e. The van der Waals surface area contributed by atoms with Gasteiger partial charge in [0.15, 0.2) is 0 Å². The Bertz CT molecular complexity index is 218. The lowest BCUT2D eigenvalue weighted by Crippen LogP contribution is -2.41. The van der Waals surface area contributed by atoms with Crippen LogP contribution in [0, 0.1) is 5.92 Å². The molecule has 0 unspecified atom stereocenters. The number of nitrogens with two attached hydrogens (primary N) is 2. The van der Waals surface area contributed by atoms with Crippen molar-refractivity contribution < 1.29 is 10.1 Å². The highest BCUT2D eigenvalue weighted by molar-refractivity contribution is 6.01. The Labute approximate surface area is 72.6 Å². The summed E-state index contributed by atoms with van der Waals surface area (Å²) in [5, 5.41) is 5.49. The zero-order valence-corrected chi connectivity index (χ0v) is 7.79. The predicted molar refractivity (Wildman–Crippen MR) is 49.5 cm³/mol. The molecule has 0 bridgehead atoms. The highest BCUT2D eigenvalue weighted by Crippen LogP contribution is 1.96. The number of hydrogen-bond donors (Lipinski definition) is 2. The van der Waals surface area contributed by atoms with Gasteiger partial charge in [-0.3, -0.25) is 5.41 Å². The third-order valence-electron chi connectivity index (χ3n) is 1.37. The normalized spacial score (nSPS) is 11.5. The van der Waals surface area contributed by atoms with E-state index in [1.165, 1.54) is 7.11 Å². The fraction of sp³-hybridized carbons (Fsp3) is 0.500. The molecule has 0 aliphatic carbocycles. The summed E-state index contributed by atoms with van der Waals surface area (Å²) >= 11 is 0. The number of rotatable bonds is 3. The Kier molecular flexibility index (Phi) is 4.04. The molecule has 4 heteroatoms. The second-order valence-corrected chi connectivity index (χ2v) is 2.70. The Morgan fingerprint density at radius 1 is 1.58 bits per heavy atom. The first kappa shape index (κ1) is 10.7. The van der Waals surface area contributed by atoms with Gasteiger partial charge in [0.2, 0.25) is 11.6 Å². The average Bonchev–Trinajstić information content (AvgIpc) is 2.02. The van der Waals surface area contributed by atoms with Gasteiger partial charge in [0.25, 0.3) is 0 Å². The SMILES string of the molecule is C=C(OC)C(=[NH2+])N=C(N)C(C)C. The van der Waals surface area contributed by atoms with E-state index < -0.39 is 0 Å². The van der Waals surface area contributed by atoms with Crippen molar-refractivity contribution in [1.82, 2.24) is 0 Å². The first-order valence-corrected chi connectivity index (χ1v) is 3.68. The maximum absolute atomic E-state index is 5.56. The van der Waals surface area contributed by atoms with Gasteiger partial charge in [-0.1, -0.05) is 13.8 Å². The lowest BCUT2D eigenvalue weighted by molar-refractivity contribution is -0.117. The Morgan fingerprint density at radius 3 is 2.42 bits per heavy atom. The molecule has 0 aliphatic rings. The van der Waals surface area contributed by atoms with E-state index in [1.807, 2.05) is 13.8 Å². The van der Waals surface area contributed by atoms with Crippen molar-refractivity contribution >= 4 is 11.7 Å². The fourth-order valence-corrected chi connectivity index (χ4v) is 0.435. The van der Waals surface area contributed by atoms with Gasteiger partial charge in [-0.05, 0) is 11.6 Å². The molecule has 4 nitrogen and oxygen atoms in total. The van der Waals surface area contributed by atoms with Crippen LogP contribution in [0.2, 0.25) is 0 Å². The van der Waals surface area contributed by atoms with Crippen LogP contribution in [0.25, 0.3) is 0 Å². The molecule has 0 fully saturated rings. The first-order chi connectivity index (χ1) is 5.49. The number of hydrogen-bond acceptors (Lipinski definition) is 1. The van der Waals surface area contributed by atoms with Crippen molar-refractivity contribution in [2.45, 2.75) is 13.8 Å². The van der Waals surface area contributed by atoms with Crippen LogP contribution in [0.5, 0.6) is 0 Å². The van der Waals surface area contributed by atoms with E-state index in [9.17, 15) is 0 Å². The Morgan fingerprint density at radius 2 is 2.08 bits per heavy atom. The molecule has 0 saturated heterocycles. The van der Waals surface area contributed by atoms with E-state index in [-0.39, 0.29) is 11.8 Å². The van der Waals surface area contributed by atoms with Gasteiger partial charge >= 0.3 is 5.84 Å². The maximum atomic E-state index is 5.56. The van der Waals surface area contributed by atoms with Crippen molar-refractivity contribution in [2.75, 3.05) is 7.11 Å². The largest absolute Gasteiger partial charge is 0.490 e. The summed E-state index contributed by atoms with van der Waals surface area (Å²) in [6, 6.07) is 0. The van der Waals surface area contributed by atoms with Crippen LogP contribution < -0.4 is 11.1 Å². The average molecular weight is 170 g/mol. The zero-order chi connectivity index (χ0) is 9.72. The standard InChI is InChI=1S/C8H15N3O/c1-5(2)7(9)11-8(10)6(3)12-4/h5H,3H2,1-2,4H3,(H3,9,10,11)/p+1. The molecule has 0 atom stereocenters. The van der Waals surface area contributed by atoms with Gasteiger partial charge in [0.05, 0.1) is 7.11 Å². The number of nitrogens with zero attached hydrogens (tertiary/aromatic N) is 1. The molecule has 12 heavy (non-hydrogen) atoms. The highest BCUT2D eigenvalue weighted by Gasteiger charge is 2.13. The minimum Gasteiger partial charge on any atom is -0.490 e. The maximum Gasteiger partial charge on any atom is 0.357 e. The lowest BCUT2D eigenvalue weighted by atomic mass is 10.2. The van der Waals surface area contributed by atoms with Gasteiger partial charge in [-0.25, -0.2) is 0 Å². The molecular weight excluding hydrogens is 154 g/mol. The molecule has 0 aromatic rings. The summed E-state index contributed by atoms with van der Waals surface area (Å²) < 4.78 is 4.77. The van der Waals surface area contributed by atoms with Gasteiger partial charge in [-0.15, -0.1) is 0 Å². The molecular formula is C8H16N3O+. The molecule has 0 amide bonds. The summed E-state index contributed by atoms with van der Waals surface area (Å²) in [6.45, 7) is 7.40. The van der Waals surface area contributed by atoms with Crippen molar-refractivity contribution in [3.8, 4) is 0 Å². The predicted octanol–water partition coefficient (Wildman–Crippen LogP) is -0.683. The van der Waals surface area contributed by atoms with Gasteiger partial charge in [-0.2, -0.15) is 0 Å². The third-order valence-corrected chi connectivity index (χ3v) is 1.37. The minimum atomic E-state index is 0.174. The van der Waals surface area contributed by atoms with Crippen LogP contribution in [0.3, 0.4) is 0 Å². The molecule has 0 heterocycles. The summed E-state index contributed by atoms with van der Waals surface area (Å²) in [5.74, 6) is 1.21. The van der Waals surface area contributed by atoms with Gasteiger partial charge in [0.1, 0.15) is 0 Å². The number of aliphatic imine (C=N–C) groups is 1. The van der Waals surface area contributed by atoms with Crippen molar-refractivity contribution in [1.29, 1.82) is 0 Å². The molecule has 0 radical (unpaired) electrons. The number of ether oxygens (including phenoxy) is 1. The monoisotopic (exact) mass is 170 g/mol. The van der Waals surface area contributed by atoms with Crippen molar-refractivity contribution in [3.05, 3.63) is 12.3 Å². The molecule has 0 aromatic carbocycles. The van der Waals surface area contributed by atoms with E-state index >= 15 is 0 Å². The summed E-state index contributed by atoms with van der Waals surface area (Å²) in [5.41, 5.74) is 5.56. The second-order valence-electron chi connectivity index (χ2n) is 2.70. The molecule has 4 N–H and O–H groups in total. The summed E-state index contributed by atoms with van der Waals surface area (Å²) in [4.78, 5) is 3.91. The molecule has 0 aliphatic heterocycles.